The number of hydrogen-bond acceptors (Lipinski definition) is 4. The monoisotopic (exact) mass is 336 g/mol. The van der Waals surface area contributed by atoms with Crippen molar-refractivity contribution in [1.82, 2.24) is 9.88 Å². The molecule has 1 atom stereocenters. The number of aliphatic hydroxyl groups is 1. The highest BCUT2D eigenvalue weighted by atomic mass is 19.1. The van der Waals surface area contributed by atoms with Crippen LogP contribution in [0.5, 0.6) is 0 Å². The van der Waals surface area contributed by atoms with Gasteiger partial charge in [-0.1, -0.05) is 13.3 Å². The molecule has 3 rings (SSSR count). The van der Waals surface area contributed by atoms with E-state index in [2.05, 4.69) is 4.98 Å². The first-order valence-electron chi connectivity index (χ1n) is 8.69. The minimum atomic E-state index is -1.08. The Hall–Kier alpha value is -1.69. The molecule has 1 amide bonds. The quantitative estimate of drug-likeness (QED) is 0.835. The van der Waals surface area contributed by atoms with Gasteiger partial charge in [0.2, 0.25) is 0 Å². The van der Waals surface area contributed by atoms with Gasteiger partial charge in [0.05, 0.1) is 18.3 Å². The van der Waals surface area contributed by atoms with E-state index >= 15 is 0 Å². The summed E-state index contributed by atoms with van der Waals surface area (Å²) in [7, 11) is 0. The number of carbonyl (C=O) groups excluding carboxylic acids is 1. The second-order valence-corrected chi connectivity index (χ2v) is 7.20. The van der Waals surface area contributed by atoms with Crippen LogP contribution in [0, 0.1) is 5.82 Å². The minimum absolute atomic E-state index is 0.197. The van der Waals surface area contributed by atoms with Gasteiger partial charge in [0.1, 0.15) is 11.9 Å². The number of halogens is 1. The van der Waals surface area contributed by atoms with Crippen LogP contribution in [-0.4, -0.2) is 38.8 Å². The number of aliphatic hydroxyl groups excluding tert-OH is 1. The van der Waals surface area contributed by atoms with Crippen LogP contribution in [0.2, 0.25) is 0 Å². The van der Waals surface area contributed by atoms with Crippen molar-refractivity contribution in [2.45, 2.75) is 69.6 Å². The molecule has 0 aliphatic carbocycles. The van der Waals surface area contributed by atoms with E-state index in [9.17, 15) is 14.3 Å². The molecule has 2 fully saturated rings. The van der Waals surface area contributed by atoms with Gasteiger partial charge in [-0.2, -0.15) is 0 Å². The molecule has 24 heavy (non-hydrogen) atoms. The Labute approximate surface area is 141 Å². The van der Waals surface area contributed by atoms with Gasteiger partial charge >= 0.3 is 6.09 Å². The smallest absolute Gasteiger partial charge is 0.410 e. The van der Waals surface area contributed by atoms with Crippen LogP contribution in [0.15, 0.2) is 18.5 Å². The molecule has 2 saturated heterocycles. The summed E-state index contributed by atoms with van der Waals surface area (Å²) < 4.78 is 19.6. The Balaban J connectivity index is 1.90. The average Bonchev–Trinajstić information content (AvgIpc) is 3.04. The van der Waals surface area contributed by atoms with Crippen molar-refractivity contribution < 1.29 is 19.0 Å². The number of rotatable bonds is 5. The standard InChI is InChI=1S/C18H25FN2O3/c1-3-4-11-24-16(23)21-17(2)6-8-18(21,9-7-17)15(22)13-5-10-20-12-14(13)19/h5,10,12,15,22H,3-4,6-9,11H2,1-2H3/t15-,17?,18?/m0/s1. The largest absolute Gasteiger partial charge is 0.449 e. The van der Waals surface area contributed by atoms with E-state index < -0.39 is 23.6 Å². The van der Waals surface area contributed by atoms with Crippen LogP contribution in [0.4, 0.5) is 9.18 Å². The number of nitrogens with zero attached hydrogens (tertiary/aromatic N) is 2. The lowest BCUT2D eigenvalue weighted by atomic mass is 9.78. The third kappa shape index (κ3) is 2.57. The Morgan fingerprint density at radius 1 is 1.46 bits per heavy atom. The number of unbranched alkanes of at least 4 members (excludes halogenated alkanes) is 1. The highest BCUT2D eigenvalue weighted by molar-refractivity contribution is 5.71. The molecule has 1 N–H and O–H groups in total. The van der Waals surface area contributed by atoms with E-state index in [1.807, 2.05) is 13.8 Å². The van der Waals surface area contributed by atoms with Crippen LogP contribution in [0.1, 0.15) is 64.0 Å². The number of carbonyl (C=O) groups is 1. The zero-order chi connectivity index (χ0) is 17.4. The van der Waals surface area contributed by atoms with Crippen molar-refractivity contribution in [3.05, 3.63) is 29.8 Å². The van der Waals surface area contributed by atoms with Crippen LogP contribution in [0.3, 0.4) is 0 Å². The van der Waals surface area contributed by atoms with E-state index in [4.69, 9.17) is 4.74 Å². The summed E-state index contributed by atoms with van der Waals surface area (Å²) in [5.74, 6) is -0.542. The number of amides is 1. The summed E-state index contributed by atoms with van der Waals surface area (Å²) >= 11 is 0. The van der Waals surface area contributed by atoms with E-state index in [1.165, 1.54) is 12.3 Å². The zero-order valence-corrected chi connectivity index (χ0v) is 14.3. The molecular weight excluding hydrogens is 311 g/mol. The molecule has 1 aromatic heterocycles. The summed E-state index contributed by atoms with van der Waals surface area (Å²) in [6.45, 7) is 4.43. The van der Waals surface area contributed by atoms with Crippen LogP contribution in [0.25, 0.3) is 0 Å². The Morgan fingerprint density at radius 3 is 2.79 bits per heavy atom. The maximum Gasteiger partial charge on any atom is 0.410 e. The summed E-state index contributed by atoms with van der Waals surface area (Å²) in [5, 5.41) is 11.0. The first kappa shape index (κ1) is 17.1. The summed E-state index contributed by atoms with van der Waals surface area (Å²) in [5.41, 5.74) is -0.920. The van der Waals surface area contributed by atoms with Crippen molar-refractivity contribution in [3.8, 4) is 0 Å². The minimum Gasteiger partial charge on any atom is -0.449 e. The van der Waals surface area contributed by atoms with Crippen molar-refractivity contribution >= 4 is 6.09 Å². The molecule has 1 aromatic rings. The number of ether oxygens (including phenoxy) is 1. The lowest BCUT2D eigenvalue weighted by Crippen LogP contribution is -2.52. The van der Waals surface area contributed by atoms with Gasteiger partial charge in [-0.15, -0.1) is 0 Å². The molecular formula is C18H25FN2O3. The number of aromatic nitrogens is 1. The number of hydrogen-bond donors (Lipinski definition) is 1. The number of pyridine rings is 1. The summed E-state index contributed by atoms with van der Waals surface area (Å²) in [6, 6.07) is 1.49. The first-order chi connectivity index (χ1) is 11.4. The second kappa shape index (κ2) is 6.31. The van der Waals surface area contributed by atoms with Gasteiger partial charge in [-0.05, 0) is 45.1 Å². The van der Waals surface area contributed by atoms with Gasteiger partial charge in [-0.3, -0.25) is 9.88 Å². The van der Waals surface area contributed by atoms with Gasteiger partial charge in [0, 0.05) is 17.3 Å². The maximum atomic E-state index is 14.1. The van der Waals surface area contributed by atoms with Gasteiger partial charge in [0.15, 0.2) is 0 Å². The molecule has 0 unspecified atom stereocenters. The molecule has 3 heterocycles. The third-order valence-electron chi connectivity index (χ3n) is 5.69. The van der Waals surface area contributed by atoms with E-state index in [1.54, 1.807) is 4.90 Å². The van der Waals surface area contributed by atoms with Crippen molar-refractivity contribution in [2.75, 3.05) is 6.61 Å². The van der Waals surface area contributed by atoms with Crippen molar-refractivity contribution in [2.24, 2.45) is 0 Å². The first-order valence-corrected chi connectivity index (χ1v) is 8.69. The molecule has 2 bridgehead atoms. The molecule has 2 aliphatic heterocycles. The molecule has 0 spiro atoms. The third-order valence-corrected chi connectivity index (χ3v) is 5.69. The zero-order valence-electron chi connectivity index (χ0n) is 14.3. The number of fused-ring (bicyclic) bond motifs is 2. The Morgan fingerprint density at radius 2 is 2.17 bits per heavy atom. The van der Waals surface area contributed by atoms with Gasteiger partial charge in [0.25, 0.3) is 0 Å². The fourth-order valence-electron chi connectivity index (χ4n) is 4.27. The van der Waals surface area contributed by atoms with Crippen LogP contribution in [-0.2, 0) is 4.74 Å². The van der Waals surface area contributed by atoms with E-state index in [0.29, 0.717) is 19.4 Å². The Bertz CT molecular complexity index is 614. The van der Waals surface area contributed by atoms with Crippen molar-refractivity contribution in [3.63, 3.8) is 0 Å². The average molecular weight is 336 g/mol. The molecule has 0 saturated carbocycles. The lowest BCUT2D eigenvalue weighted by Gasteiger charge is -2.40. The topological polar surface area (TPSA) is 62.7 Å². The van der Waals surface area contributed by atoms with Gasteiger partial charge < -0.3 is 9.84 Å². The fraction of sp³-hybridized carbons (Fsp3) is 0.667. The van der Waals surface area contributed by atoms with Gasteiger partial charge in [-0.25, -0.2) is 9.18 Å². The molecule has 5 nitrogen and oxygen atoms in total. The maximum absolute atomic E-state index is 14.1. The summed E-state index contributed by atoms with van der Waals surface area (Å²) in [6.07, 6.45) is 5.72. The highest BCUT2D eigenvalue weighted by Crippen LogP contribution is 2.58. The predicted octanol–water partition coefficient (Wildman–Crippen LogP) is 3.58. The highest BCUT2D eigenvalue weighted by Gasteiger charge is 2.64. The van der Waals surface area contributed by atoms with E-state index in [-0.39, 0.29) is 11.1 Å². The molecule has 0 aromatic carbocycles. The summed E-state index contributed by atoms with van der Waals surface area (Å²) in [4.78, 5) is 18.1. The lowest BCUT2D eigenvalue weighted by molar-refractivity contribution is -0.0133. The molecule has 0 radical (unpaired) electrons. The normalized spacial score (nSPS) is 29.8. The van der Waals surface area contributed by atoms with E-state index in [0.717, 1.165) is 31.9 Å². The van der Waals surface area contributed by atoms with Crippen LogP contribution >= 0.6 is 0 Å². The van der Waals surface area contributed by atoms with Crippen molar-refractivity contribution in [1.29, 1.82) is 0 Å². The SMILES string of the molecule is CCCCOC(=O)N1C2(C)CCC1([C@@H](O)c1ccncc1F)CC2. The van der Waals surface area contributed by atoms with Crippen LogP contribution < -0.4 is 0 Å². The Kier molecular flexibility index (Phi) is 4.51. The molecule has 2 aliphatic rings. The predicted molar refractivity (Wildman–Crippen MR) is 86.9 cm³/mol. The second-order valence-electron chi connectivity index (χ2n) is 7.20. The molecule has 6 heteroatoms. The molecule has 132 valence electrons. The fourth-order valence-corrected chi connectivity index (χ4v) is 4.27.